The number of Topliss-reactive ketones (excluding diaryl/α,β-unsaturated/α-hetero) is 1. The number of primary sulfonamides is 1. The number of rotatable bonds is 9. The maximum atomic E-state index is 14.5. The number of nitrogens with zero attached hydrogens (tertiary/aromatic N) is 1. The minimum atomic E-state index is -3.88. The number of ketones is 1. The third-order valence-corrected chi connectivity index (χ3v) is 7.75. The standard InChI is InChI=1S/C29H27FN2O7S/c1-36-29(11-13-37-14-12-29)21-15-22(30)17-23(16-21)38-18-25(33)28-32-26(19-5-3-2-4-6-19)27(39-28)20-7-9-24(10-8-20)40(31,34)35/h2-10,15-17H,11-14,18H2,1H3,(H2,31,34,35). The minimum absolute atomic E-state index is 0.0628. The molecule has 208 valence electrons. The van der Waals surface area contributed by atoms with E-state index in [2.05, 4.69) is 4.98 Å². The molecule has 2 heterocycles. The van der Waals surface area contributed by atoms with Crippen molar-refractivity contribution in [2.45, 2.75) is 23.3 Å². The van der Waals surface area contributed by atoms with Crippen LogP contribution in [0.2, 0.25) is 0 Å². The number of aromatic nitrogens is 1. The molecule has 0 saturated carbocycles. The molecule has 5 rings (SSSR count). The lowest BCUT2D eigenvalue weighted by molar-refractivity contribution is -0.0950. The topological polar surface area (TPSA) is 131 Å². The van der Waals surface area contributed by atoms with Gasteiger partial charge in [-0.1, -0.05) is 30.3 Å². The van der Waals surface area contributed by atoms with Gasteiger partial charge in [0.15, 0.2) is 12.4 Å². The quantitative estimate of drug-likeness (QED) is 0.288. The smallest absolute Gasteiger partial charge is 0.268 e. The summed E-state index contributed by atoms with van der Waals surface area (Å²) in [5, 5.41) is 5.21. The Hall–Kier alpha value is -3.90. The summed E-state index contributed by atoms with van der Waals surface area (Å²) in [6, 6.07) is 19.1. The Balaban J connectivity index is 1.41. The first-order valence-electron chi connectivity index (χ1n) is 12.5. The van der Waals surface area contributed by atoms with Crippen LogP contribution in [0.15, 0.2) is 82.1 Å². The maximum absolute atomic E-state index is 14.5. The Morgan fingerprint density at radius 2 is 1.73 bits per heavy atom. The van der Waals surface area contributed by atoms with E-state index in [1.165, 1.54) is 36.4 Å². The Kier molecular flexibility index (Phi) is 7.81. The molecular weight excluding hydrogens is 539 g/mol. The van der Waals surface area contributed by atoms with Gasteiger partial charge >= 0.3 is 0 Å². The summed E-state index contributed by atoms with van der Waals surface area (Å²) in [5.41, 5.74) is 1.47. The fourth-order valence-corrected chi connectivity index (χ4v) is 5.17. The molecule has 3 aromatic carbocycles. The molecule has 1 aromatic heterocycles. The van der Waals surface area contributed by atoms with Gasteiger partial charge in [0.05, 0.1) is 10.5 Å². The van der Waals surface area contributed by atoms with E-state index in [-0.39, 0.29) is 22.3 Å². The molecule has 0 unspecified atom stereocenters. The average Bonchev–Trinajstić information content (AvgIpc) is 3.42. The van der Waals surface area contributed by atoms with Crippen molar-refractivity contribution in [1.29, 1.82) is 0 Å². The summed E-state index contributed by atoms with van der Waals surface area (Å²) in [6.45, 7) is 0.518. The van der Waals surface area contributed by atoms with Crippen LogP contribution in [0.25, 0.3) is 22.6 Å². The SMILES string of the molecule is COC1(c2cc(F)cc(OCC(=O)c3nc(-c4ccccc4)c(-c4ccc(S(N)(=O)=O)cc4)o3)c2)CCOCC1. The van der Waals surface area contributed by atoms with E-state index in [1.54, 1.807) is 25.3 Å². The lowest BCUT2D eigenvalue weighted by Crippen LogP contribution is -2.35. The Bertz CT molecular complexity index is 1610. The van der Waals surface area contributed by atoms with Gasteiger partial charge in [0.25, 0.3) is 11.7 Å². The van der Waals surface area contributed by atoms with Crippen molar-refractivity contribution >= 4 is 15.8 Å². The van der Waals surface area contributed by atoms with Crippen LogP contribution in [-0.2, 0) is 25.1 Å². The van der Waals surface area contributed by atoms with Gasteiger partial charge in [-0.3, -0.25) is 4.79 Å². The molecule has 0 aliphatic carbocycles. The molecule has 0 amide bonds. The van der Waals surface area contributed by atoms with Gasteiger partial charge in [0, 0.05) is 50.4 Å². The highest BCUT2D eigenvalue weighted by Gasteiger charge is 2.35. The predicted molar refractivity (Wildman–Crippen MR) is 144 cm³/mol. The number of carbonyl (C=O) groups is 1. The minimum Gasteiger partial charge on any atom is -0.485 e. The summed E-state index contributed by atoms with van der Waals surface area (Å²) in [4.78, 5) is 17.5. The van der Waals surface area contributed by atoms with Crippen LogP contribution in [0.3, 0.4) is 0 Å². The number of nitrogens with two attached hydrogens (primary N) is 1. The van der Waals surface area contributed by atoms with Crippen molar-refractivity contribution in [1.82, 2.24) is 4.98 Å². The van der Waals surface area contributed by atoms with Gasteiger partial charge in [-0.2, -0.15) is 0 Å². The first kappa shape index (κ1) is 27.7. The van der Waals surface area contributed by atoms with Crippen molar-refractivity contribution in [2.24, 2.45) is 5.14 Å². The largest absolute Gasteiger partial charge is 0.485 e. The third-order valence-electron chi connectivity index (χ3n) is 6.82. The molecule has 0 bridgehead atoms. The number of hydrogen-bond donors (Lipinski definition) is 1. The van der Waals surface area contributed by atoms with Gasteiger partial charge in [-0.05, 0) is 42.0 Å². The monoisotopic (exact) mass is 566 g/mol. The molecule has 1 aliphatic heterocycles. The lowest BCUT2D eigenvalue weighted by atomic mass is 9.86. The van der Waals surface area contributed by atoms with Crippen LogP contribution in [0.1, 0.15) is 29.1 Å². The molecule has 2 N–H and O–H groups in total. The lowest BCUT2D eigenvalue weighted by Gasteiger charge is -2.36. The highest BCUT2D eigenvalue weighted by molar-refractivity contribution is 7.89. The van der Waals surface area contributed by atoms with Crippen molar-refractivity contribution in [3.63, 3.8) is 0 Å². The van der Waals surface area contributed by atoms with Crippen LogP contribution < -0.4 is 9.88 Å². The zero-order valence-corrected chi connectivity index (χ0v) is 22.4. The Morgan fingerprint density at radius 1 is 1.02 bits per heavy atom. The second kappa shape index (κ2) is 11.3. The highest BCUT2D eigenvalue weighted by atomic mass is 32.2. The van der Waals surface area contributed by atoms with Crippen LogP contribution in [-0.4, -0.2) is 46.1 Å². The molecule has 11 heteroatoms. The molecule has 1 fully saturated rings. The number of carbonyl (C=O) groups excluding carboxylic acids is 1. The molecule has 1 saturated heterocycles. The summed E-state index contributed by atoms with van der Waals surface area (Å²) >= 11 is 0. The second-order valence-electron chi connectivity index (χ2n) is 9.33. The number of benzene rings is 3. The molecular formula is C29H27FN2O7S. The number of halogens is 1. The predicted octanol–water partition coefficient (Wildman–Crippen LogP) is 4.71. The zero-order chi connectivity index (χ0) is 28.3. The van der Waals surface area contributed by atoms with Crippen LogP contribution in [0.5, 0.6) is 5.75 Å². The molecule has 0 radical (unpaired) electrons. The molecule has 4 aromatic rings. The van der Waals surface area contributed by atoms with Crippen molar-refractivity contribution in [2.75, 3.05) is 26.9 Å². The summed E-state index contributed by atoms with van der Waals surface area (Å²) in [5.74, 6) is -0.859. The Morgan fingerprint density at radius 3 is 2.38 bits per heavy atom. The summed E-state index contributed by atoms with van der Waals surface area (Å²) < 4.78 is 60.6. The number of oxazole rings is 1. The normalized spacial score (nSPS) is 15.1. The fourth-order valence-electron chi connectivity index (χ4n) is 4.65. The van der Waals surface area contributed by atoms with Crippen LogP contribution in [0, 0.1) is 5.82 Å². The molecule has 40 heavy (non-hydrogen) atoms. The first-order chi connectivity index (χ1) is 19.2. The summed E-state index contributed by atoms with van der Waals surface area (Å²) in [7, 11) is -2.31. The van der Waals surface area contributed by atoms with Gasteiger partial charge < -0.3 is 18.6 Å². The van der Waals surface area contributed by atoms with Gasteiger partial charge in [0.2, 0.25) is 10.0 Å². The number of sulfonamides is 1. The van der Waals surface area contributed by atoms with E-state index < -0.39 is 33.8 Å². The second-order valence-corrected chi connectivity index (χ2v) is 10.9. The number of hydrogen-bond acceptors (Lipinski definition) is 8. The average molecular weight is 567 g/mol. The molecule has 1 aliphatic rings. The van der Waals surface area contributed by atoms with Gasteiger partial charge in [-0.25, -0.2) is 22.9 Å². The van der Waals surface area contributed by atoms with E-state index in [0.717, 1.165) is 0 Å². The van der Waals surface area contributed by atoms with Gasteiger partial charge in [0.1, 0.15) is 17.3 Å². The Labute approximate surface area is 230 Å². The number of ether oxygens (including phenoxy) is 3. The first-order valence-corrected chi connectivity index (χ1v) is 14.0. The van der Waals surface area contributed by atoms with E-state index in [9.17, 15) is 17.6 Å². The fraction of sp³-hybridized carbons (Fsp3) is 0.241. The van der Waals surface area contributed by atoms with Crippen molar-refractivity contribution < 1.29 is 36.2 Å². The van der Waals surface area contributed by atoms with Crippen molar-refractivity contribution in [3.05, 3.63) is 90.1 Å². The van der Waals surface area contributed by atoms with E-state index in [4.69, 9.17) is 23.8 Å². The molecule has 0 spiro atoms. The van der Waals surface area contributed by atoms with Crippen molar-refractivity contribution in [3.8, 4) is 28.3 Å². The van der Waals surface area contributed by atoms with Gasteiger partial charge in [-0.15, -0.1) is 0 Å². The van der Waals surface area contributed by atoms with E-state index in [1.807, 2.05) is 18.2 Å². The van der Waals surface area contributed by atoms with E-state index in [0.29, 0.717) is 48.4 Å². The molecule has 9 nitrogen and oxygen atoms in total. The summed E-state index contributed by atoms with van der Waals surface area (Å²) in [6.07, 6.45) is 1.12. The number of methoxy groups -OCH3 is 1. The highest BCUT2D eigenvalue weighted by Crippen LogP contribution is 2.38. The maximum Gasteiger partial charge on any atom is 0.268 e. The third kappa shape index (κ3) is 5.82. The van der Waals surface area contributed by atoms with Crippen LogP contribution in [0.4, 0.5) is 4.39 Å². The molecule has 0 atom stereocenters. The van der Waals surface area contributed by atoms with Crippen LogP contribution >= 0.6 is 0 Å². The zero-order valence-electron chi connectivity index (χ0n) is 21.6. The van der Waals surface area contributed by atoms with E-state index >= 15 is 0 Å².